The molecular weight excluding hydrogens is 422 g/mol. The summed E-state index contributed by atoms with van der Waals surface area (Å²) >= 11 is 0. The van der Waals surface area contributed by atoms with Gasteiger partial charge in [0.05, 0.1) is 18.2 Å². The lowest BCUT2D eigenvalue weighted by Crippen LogP contribution is -2.40. The lowest BCUT2D eigenvalue weighted by Gasteiger charge is -2.15. The van der Waals surface area contributed by atoms with Gasteiger partial charge in [0.15, 0.2) is 0 Å². The first-order valence-corrected chi connectivity index (χ1v) is 9.04. The highest BCUT2D eigenvalue weighted by atomic mass is 19.4. The van der Waals surface area contributed by atoms with Gasteiger partial charge in [0.1, 0.15) is 17.6 Å². The molecule has 164 valence electrons. The third-order valence-electron chi connectivity index (χ3n) is 4.56. The second-order valence-electron chi connectivity index (χ2n) is 6.70. The summed E-state index contributed by atoms with van der Waals surface area (Å²) in [6, 6.07) is 4.75. The number of carbonyl (C=O) groups excluding carboxylic acids is 3. The Hall–Kier alpha value is -3.63. The van der Waals surface area contributed by atoms with Gasteiger partial charge in [-0.1, -0.05) is 0 Å². The number of carbonyl (C=O) groups is 3. The smallest absolute Gasteiger partial charge is 0.416 e. The van der Waals surface area contributed by atoms with Crippen LogP contribution in [0.1, 0.15) is 32.7 Å². The fourth-order valence-corrected chi connectivity index (χ4v) is 2.97. The number of anilines is 1. The molecule has 3 rings (SSSR count). The molecule has 3 N–H and O–H groups in total. The number of halogens is 4. The average molecular weight is 439 g/mol. The minimum absolute atomic E-state index is 0.156. The highest BCUT2D eigenvalue weighted by Crippen LogP contribution is 2.32. The monoisotopic (exact) mass is 439 g/mol. The van der Waals surface area contributed by atoms with Crippen LogP contribution in [0.2, 0.25) is 0 Å². The van der Waals surface area contributed by atoms with Gasteiger partial charge in [-0.05, 0) is 36.8 Å². The number of benzene rings is 2. The van der Waals surface area contributed by atoms with Crippen molar-refractivity contribution in [1.29, 1.82) is 0 Å². The van der Waals surface area contributed by atoms with Gasteiger partial charge in [0, 0.05) is 23.9 Å². The fourth-order valence-electron chi connectivity index (χ4n) is 2.97. The second kappa shape index (κ2) is 8.62. The van der Waals surface area contributed by atoms with Gasteiger partial charge in [-0.25, -0.2) is 4.39 Å². The topological polar surface area (TPSA) is 96.5 Å². The quantitative estimate of drug-likeness (QED) is 0.625. The third-order valence-corrected chi connectivity index (χ3v) is 4.56. The number of amides is 3. The molecule has 11 heteroatoms. The zero-order chi connectivity index (χ0) is 22.8. The van der Waals surface area contributed by atoms with E-state index in [4.69, 9.17) is 4.74 Å². The van der Waals surface area contributed by atoms with Gasteiger partial charge in [-0.3, -0.25) is 14.4 Å². The van der Waals surface area contributed by atoms with Crippen LogP contribution in [0.3, 0.4) is 0 Å². The molecule has 1 atom stereocenters. The fraction of sp³-hybridized carbons (Fsp3) is 0.250. The third kappa shape index (κ3) is 5.11. The van der Waals surface area contributed by atoms with Crippen molar-refractivity contribution in [2.75, 3.05) is 19.0 Å². The Bertz CT molecular complexity index is 1040. The molecule has 1 saturated heterocycles. The van der Waals surface area contributed by atoms with Crippen LogP contribution in [0, 0.1) is 5.82 Å². The van der Waals surface area contributed by atoms with E-state index in [9.17, 15) is 31.9 Å². The van der Waals surface area contributed by atoms with Crippen LogP contribution in [0.5, 0.6) is 5.75 Å². The Balaban J connectivity index is 1.88. The molecule has 0 saturated carbocycles. The lowest BCUT2D eigenvalue weighted by atomic mass is 10.1. The predicted octanol–water partition coefficient (Wildman–Crippen LogP) is 2.72. The summed E-state index contributed by atoms with van der Waals surface area (Å²) in [4.78, 5) is 36.4. The van der Waals surface area contributed by atoms with Gasteiger partial charge >= 0.3 is 6.18 Å². The van der Waals surface area contributed by atoms with Crippen LogP contribution < -0.4 is 20.7 Å². The first-order chi connectivity index (χ1) is 14.6. The average Bonchev–Trinajstić information content (AvgIpc) is 3.11. The van der Waals surface area contributed by atoms with Crippen molar-refractivity contribution in [1.82, 2.24) is 10.6 Å². The molecule has 1 aliphatic heterocycles. The molecule has 2 aromatic rings. The molecular formula is C20H17F4N3O4. The molecule has 31 heavy (non-hydrogen) atoms. The van der Waals surface area contributed by atoms with Crippen LogP contribution in [0.25, 0.3) is 0 Å². The summed E-state index contributed by atoms with van der Waals surface area (Å²) in [6.45, 7) is 0.334. The van der Waals surface area contributed by atoms with Crippen LogP contribution in [-0.2, 0) is 11.0 Å². The minimum atomic E-state index is -4.81. The summed E-state index contributed by atoms with van der Waals surface area (Å²) < 4.78 is 58.9. The van der Waals surface area contributed by atoms with Crippen molar-refractivity contribution in [2.24, 2.45) is 0 Å². The lowest BCUT2D eigenvalue weighted by molar-refractivity contribution is -0.137. The Morgan fingerprint density at radius 1 is 1.13 bits per heavy atom. The standard InChI is InChI=1S/C20H17F4N3O4/c1-31-13-2-3-14(15(21)9-13)18(29)26-12-7-10(6-11(8-12)20(22,23)24)17(28)27-16-4-5-25-19(16)30/h2-3,6-9,16H,4-5H2,1H3,(H,25,30)(H,26,29)(H,27,28). The van der Waals surface area contributed by atoms with E-state index in [0.29, 0.717) is 25.1 Å². The Morgan fingerprint density at radius 2 is 1.87 bits per heavy atom. The van der Waals surface area contributed by atoms with E-state index in [0.717, 1.165) is 18.2 Å². The number of alkyl halides is 3. The molecule has 7 nitrogen and oxygen atoms in total. The summed E-state index contributed by atoms with van der Waals surface area (Å²) in [6.07, 6.45) is -4.52. The van der Waals surface area contributed by atoms with E-state index in [1.807, 2.05) is 0 Å². The number of rotatable bonds is 5. The van der Waals surface area contributed by atoms with E-state index in [-0.39, 0.29) is 11.4 Å². The number of methoxy groups -OCH3 is 1. The molecule has 0 bridgehead atoms. The maximum Gasteiger partial charge on any atom is 0.416 e. The van der Waals surface area contributed by atoms with E-state index in [1.54, 1.807) is 0 Å². The molecule has 1 aliphatic rings. The van der Waals surface area contributed by atoms with Crippen LogP contribution in [0.4, 0.5) is 23.2 Å². The van der Waals surface area contributed by atoms with Crippen LogP contribution in [-0.4, -0.2) is 37.4 Å². The van der Waals surface area contributed by atoms with Crippen molar-refractivity contribution in [3.63, 3.8) is 0 Å². The normalized spacial score (nSPS) is 15.9. The van der Waals surface area contributed by atoms with Gasteiger partial charge in [-0.2, -0.15) is 13.2 Å². The Morgan fingerprint density at radius 3 is 2.45 bits per heavy atom. The molecule has 0 aromatic heterocycles. The summed E-state index contributed by atoms with van der Waals surface area (Å²) in [5, 5.41) is 7.02. The maximum absolute atomic E-state index is 14.1. The van der Waals surface area contributed by atoms with Crippen molar-refractivity contribution in [2.45, 2.75) is 18.6 Å². The number of nitrogens with one attached hydrogen (secondary N) is 3. The molecule has 0 radical (unpaired) electrons. The number of hydrogen-bond donors (Lipinski definition) is 3. The van der Waals surface area contributed by atoms with E-state index in [1.165, 1.54) is 13.2 Å². The molecule has 3 amide bonds. The molecule has 2 aromatic carbocycles. The molecule has 1 unspecified atom stereocenters. The largest absolute Gasteiger partial charge is 0.497 e. The van der Waals surface area contributed by atoms with Crippen molar-refractivity contribution >= 4 is 23.4 Å². The minimum Gasteiger partial charge on any atom is -0.497 e. The maximum atomic E-state index is 14.1. The predicted molar refractivity (Wildman–Crippen MR) is 101 cm³/mol. The zero-order valence-electron chi connectivity index (χ0n) is 16.1. The number of ether oxygens (including phenoxy) is 1. The van der Waals surface area contributed by atoms with Gasteiger partial charge < -0.3 is 20.7 Å². The SMILES string of the molecule is COc1ccc(C(=O)Nc2cc(C(=O)NC3CCNC3=O)cc(C(F)(F)F)c2)c(F)c1. The summed E-state index contributed by atoms with van der Waals surface area (Å²) in [5.41, 5.74) is -2.40. The van der Waals surface area contributed by atoms with Gasteiger partial charge in [0.25, 0.3) is 11.8 Å². The van der Waals surface area contributed by atoms with E-state index >= 15 is 0 Å². The summed E-state index contributed by atoms with van der Waals surface area (Å²) in [7, 11) is 1.30. The molecule has 1 heterocycles. The van der Waals surface area contributed by atoms with Crippen molar-refractivity contribution in [3.8, 4) is 5.75 Å². The van der Waals surface area contributed by atoms with Gasteiger partial charge in [-0.15, -0.1) is 0 Å². The highest BCUT2D eigenvalue weighted by Gasteiger charge is 2.33. The molecule has 1 fully saturated rings. The zero-order valence-corrected chi connectivity index (χ0v) is 16.1. The van der Waals surface area contributed by atoms with Crippen LogP contribution in [0.15, 0.2) is 36.4 Å². The van der Waals surface area contributed by atoms with Crippen molar-refractivity contribution in [3.05, 3.63) is 58.9 Å². The first-order valence-electron chi connectivity index (χ1n) is 9.04. The van der Waals surface area contributed by atoms with Crippen molar-refractivity contribution < 1.29 is 36.7 Å². The molecule has 0 aliphatic carbocycles. The second-order valence-corrected chi connectivity index (χ2v) is 6.70. The van der Waals surface area contributed by atoms with E-state index < -0.39 is 52.4 Å². The summed E-state index contributed by atoms with van der Waals surface area (Å²) in [5.74, 6) is -3.15. The van der Waals surface area contributed by atoms with Crippen LogP contribution >= 0.6 is 0 Å². The van der Waals surface area contributed by atoms with E-state index in [2.05, 4.69) is 16.0 Å². The van der Waals surface area contributed by atoms with Gasteiger partial charge in [0.2, 0.25) is 5.91 Å². The highest BCUT2D eigenvalue weighted by molar-refractivity contribution is 6.05. The Labute approximate surface area is 173 Å². The number of hydrogen-bond acceptors (Lipinski definition) is 4. The first kappa shape index (κ1) is 22.1. The Kier molecular flexibility index (Phi) is 6.14. The molecule has 0 spiro atoms.